The third-order valence-electron chi connectivity index (χ3n) is 7.52. The maximum absolute atomic E-state index is 13.4. The van der Waals surface area contributed by atoms with Crippen molar-refractivity contribution in [3.63, 3.8) is 0 Å². The fourth-order valence-electron chi connectivity index (χ4n) is 5.33. The Morgan fingerprint density at radius 2 is 1.54 bits per heavy atom. The number of carbonyl (C=O) groups excluding carboxylic acids is 2. The van der Waals surface area contributed by atoms with Crippen LogP contribution in [0.25, 0.3) is 0 Å². The van der Waals surface area contributed by atoms with Gasteiger partial charge in [-0.15, -0.1) is 0 Å². The molecule has 0 aromatic heterocycles. The number of nitrogens with one attached hydrogen (secondary N) is 2. The maximum Gasteiger partial charge on any atom is 0.251 e. The lowest BCUT2D eigenvalue weighted by atomic mass is 9.94. The molecule has 1 heterocycles. The molecule has 35 heavy (non-hydrogen) atoms. The molecule has 7 heteroatoms. The monoisotopic (exact) mass is 499 g/mol. The van der Waals surface area contributed by atoms with E-state index in [2.05, 4.69) is 41.5 Å². The first-order valence-electron chi connectivity index (χ1n) is 12.8. The quantitative estimate of drug-likeness (QED) is 0.516. The normalized spacial score (nSPS) is 18.4. The Morgan fingerprint density at radius 3 is 2.14 bits per heavy atom. The average Bonchev–Trinajstić information content (AvgIpc) is 3.38. The van der Waals surface area contributed by atoms with E-state index in [0.717, 1.165) is 50.8 Å². The van der Waals surface area contributed by atoms with Crippen LogP contribution in [0.5, 0.6) is 0 Å². The molecular weight excluding hydrogens is 465 g/mol. The predicted octanol–water partition coefficient (Wildman–Crippen LogP) is 5.67. The lowest BCUT2D eigenvalue weighted by Gasteiger charge is -2.37. The summed E-state index contributed by atoms with van der Waals surface area (Å²) in [6.07, 6.45) is 7.11. The lowest BCUT2D eigenvalue weighted by molar-refractivity contribution is 0.0893. The highest BCUT2D eigenvalue weighted by Crippen LogP contribution is 2.28. The summed E-state index contributed by atoms with van der Waals surface area (Å²) in [6.45, 7) is 6.08. The van der Waals surface area contributed by atoms with Crippen LogP contribution in [0.4, 0.5) is 4.39 Å². The van der Waals surface area contributed by atoms with Crippen LogP contribution < -0.4 is 10.6 Å². The molecule has 2 N–H and O–H groups in total. The van der Waals surface area contributed by atoms with Crippen molar-refractivity contribution in [2.24, 2.45) is 0 Å². The van der Waals surface area contributed by atoms with Gasteiger partial charge in [0.05, 0.1) is 5.02 Å². The molecular formula is C28H35ClFN3O2. The zero-order valence-corrected chi connectivity index (χ0v) is 21.3. The summed E-state index contributed by atoms with van der Waals surface area (Å²) in [5.74, 6) is -0.720. The highest BCUT2D eigenvalue weighted by molar-refractivity contribution is 6.31. The van der Waals surface area contributed by atoms with Gasteiger partial charge in [0.1, 0.15) is 5.82 Å². The Bertz CT molecular complexity index is 1060. The van der Waals surface area contributed by atoms with E-state index in [4.69, 9.17) is 11.6 Å². The van der Waals surface area contributed by atoms with E-state index < -0.39 is 5.82 Å². The van der Waals surface area contributed by atoms with Crippen molar-refractivity contribution in [1.82, 2.24) is 15.5 Å². The third-order valence-corrected chi connectivity index (χ3v) is 7.81. The molecule has 2 aromatic rings. The van der Waals surface area contributed by atoms with Crippen LogP contribution in [0.2, 0.25) is 5.02 Å². The molecule has 188 valence electrons. The van der Waals surface area contributed by atoms with Crippen LogP contribution in [-0.2, 0) is 6.42 Å². The molecule has 0 spiro atoms. The Balaban J connectivity index is 1.34. The van der Waals surface area contributed by atoms with Gasteiger partial charge in [0.25, 0.3) is 11.8 Å². The number of likely N-dealkylation sites (tertiary alicyclic amines) is 1. The van der Waals surface area contributed by atoms with Crippen LogP contribution >= 0.6 is 11.6 Å². The van der Waals surface area contributed by atoms with Crippen molar-refractivity contribution >= 4 is 23.4 Å². The predicted molar refractivity (Wildman–Crippen MR) is 137 cm³/mol. The molecule has 2 fully saturated rings. The number of piperidine rings is 1. The van der Waals surface area contributed by atoms with Crippen LogP contribution in [0.1, 0.15) is 90.3 Å². The second kappa shape index (κ2) is 11.5. The molecule has 2 aliphatic rings. The van der Waals surface area contributed by atoms with Crippen molar-refractivity contribution in [1.29, 1.82) is 0 Å². The number of benzene rings is 2. The van der Waals surface area contributed by atoms with Crippen LogP contribution in [0.3, 0.4) is 0 Å². The molecule has 1 atom stereocenters. The summed E-state index contributed by atoms with van der Waals surface area (Å²) in [5, 5.41) is 6.20. The molecule has 0 bridgehead atoms. The molecule has 0 radical (unpaired) electrons. The Kier molecular flexibility index (Phi) is 8.45. The standard InChI is InChI=1S/C28H35ClFN3O2/c1-3-19-16-20(27(34)31-22-6-4-5-7-22)8-10-24(19)18(2)33-14-12-23(13-15-33)32-28(35)21-9-11-26(30)25(29)17-21/h8-11,16-18,22-23H,3-7,12-15H2,1-2H3,(H,31,34)(H,32,35). The summed E-state index contributed by atoms with van der Waals surface area (Å²) in [5.41, 5.74) is 3.58. The van der Waals surface area contributed by atoms with E-state index in [1.54, 1.807) is 0 Å². The van der Waals surface area contributed by atoms with Gasteiger partial charge in [0, 0.05) is 42.3 Å². The van der Waals surface area contributed by atoms with Crippen molar-refractivity contribution in [3.8, 4) is 0 Å². The maximum atomic E-state index is 13.4. The highest BCUT2D eigenvalue weighted by atomic mass is 35.5. The Morgan fingerprint density at radius 1 is 0.971 bits per heavy atom. The minimum atomic E-state index is -0.528. The topological polar surface area (TPSA) is 61.4 Å². The fraction of sp³-hybridized carbons (Fsp3) is 0.500. The first-order valence-corrected chi connectivity index (χ1v) is 13.2. The third kappa shape index (κ3) is 6.22. The number of hydrogen-bond donors (Lipinski definition) is 2. The summed E-state index contributed by atoms with van der Waals surface area (Å²) >= 11 is 5.82. The molecule has 1 unspecified atom stereocenters. The Labute approximate surface area is 212 Å². The second-order valence-electron chi connectivity index (χ2n) is 9.81. The largest absolute Gasteiger partial charge is 0.349 e. The van der Waals surface area contributed by atoms with Gasteiger partial charge in [-0.05, 0) is 80.5 Å². The molecule has 4 rings (SSSR count). The van der Waals surface area contributed by atoms with Gasteiger partial charge in [-0.3, -0.25) is 14.5 Å². The van der Waals surface area contributed by atoms with Crippen molar-refractivity contribution in [2.45, 2.75) is 76.9 Å². The van der Waals surface area contributed by atoms with Crippen LogP contribution in [0.15, 0.2) is 36.4 Å². The van der Waals surface area contributed by atoms with Gasteiger partial charge in [-0.25, -0.2) is 4.39 Å². The number of aryl methyl sites for hydroxylation is 1. The van der Waals surface area contributed by atoms with Gasteiger partial charge in [0.2, 0.25) is 0 Å². The number of rotatable bonds is 7. The minimum absolute atomic E-state index is 0.0322. The molecule has 1 aliphatic heterocycles. The first-order chi connectivity index (χ1) is 16.9. The molecule has 2 aromatic carbocycles. The molecule has 1 aliphatic carbocycles. The fourth-order valence-corrected chi connectivity index (χ4v) is 5.51. The first kappa shape index (κ1) is 25.6. The average molecular weight is 500 g/mol. The van der Waals surface area contributed by atoms with E-state index >= 15 is 0 Å². The molecule has 5 nitrogen and oxygen atoms in total. The van der Waals surface area contributed by atoms with E-state index in [1.165, 1.54) is 42.2 Å². The zero-order valence-electron chi connectivity index (χ0n) is 20.6. The number of hydrogen-bond acceptors (Lipinski definition) is 3. The van der Waals surface area contributed by atoms with Crippen LogP contribution in [0, 0.1) is 5.82 Å². The minimum Gasteiger partial charge on any atom is -0.349 e. The second-order valence-corrected chi connectivity index (χ2v) is 10.2. The van der Waals surface area contributed by atoms with Crippen molar-refractivity contribution in [2.75, 3.05) is 13.1 Å². The smallest absolute Gasteiger partial charge is 0.251 e. The van der Waals surface area contributed by atoms with Gasteiger partial charge in [-0.2, -0.15) is 0 Å². The number of carbonyl (C=O) groups is 2. The van der Waals surface area contributed by atoms with Crippen molar-refractivity contribution in [3.05, 3.63) is 69.5 Å². The summed E-state index contributed by atoms with van der Waals surface area (Å²) < 4.78 is 13.4. The molecule has 1 saturated carbocycles. The van der Waals surface area contributed by atoms with Gasteiger partial charge < -0.3 is 10.6 Å². The van der Waals surface area contributed by atoms with Gasteiger partial charge >= 0.3 is 0 Å². The summed E-state index contributed by atoms with van der Waals surface area (Å²) in [4.78, 5) is 27.7. The molecule has 1 saturated heterocycles. The van der Waals surface area contributed by atoms with Gasteiger partial charge in [-0.1, -0.05) is 37.4 Å². The number of nitrogens with zero attached hydrogens (tertiary/aromatic N) is 1. The van der Waals surface area contributed by atoms with Crippen molar-refractivity contribution < 1.29 is 14.0 Å². The van der Waals surface area contributed by atoms with E-state index in [-0.39, 0.29) is 28.9 Å². The number of halogens is 2. The van der Waals surface area contributed by atoms with E-state index in [9.17, 15) is 14.0 Å². The Hall–Kier alpha value is -2.44. The summed E-state index contributed by atoms with van der Waals surface area (Å²) in [7, 11) is 0. The van der Waals surface area contributed by atoms with Crippen LogP contribution in [-0.4, -0.2) is 41.9 Å². The summed E-state index contributed by atoms with van der Waals surface area (Å²) in [6, 6.07) is 10.8. The highest BCUT2D eigenvalue weighted by Gasteiger charge is 2.26. The van der Waals surface area contributed by atoms with Gasteiger partial charge in [0.15, 0.2) is 0 Å². The van der Waals surface area contributed by atoms with E-state index in [0.29, 0.717) is 11.6 Å². The zero-order chi connectivity index (χ0) is 24.9. The van der Waals surface area contributed by atoms with E-state index in [1.807, 2.05) is 6.07 Å². The lowest BCUT2D eigenvalue weighted by Crippen LogP contribution is -2.45. The number of amides is 2. The molecule has 2 amide bonds. The SMILES string of the molecule is CCc1cc(C(=O)NC2CCCC2)ccc1C(C)N1CCC(NC(=O)c2ccc(F)c(Cl)c2)CC1.